The Morgan fingerprint density at radius 1 is 1.24 bits per heavy atom. The molecule has 0 radical (unpaired) electrons. The molecule has 1 amide bonds. The lowest BCUT2D eigenvalue weighted by atomic mass is 10.1. The minimum absolute atomic E-state index is 0.0915. The largest absolute Gasteiger partial charge is 0.469 e. The molecule has 0 spiro atoms. The van der Waals surface area contributed by atoms with Crippen LogP contribution >= 0.6 is 0 Å². The number of carbonyl (C=O) groups is 2. The molecule has 29 heavy (non-hydrogen) atoms. The molecule has 0 aromatic heterocycles. The molecule has 2 rings (SSSR count). The van der Waals surface area contributed by atoms with E-state index in [0.717, 1.165) is 6.07 Å². The summed E-state index contributed by atoms with van der Waals surface area (Å²) in [7, 11) is -2.47. The molecule has 1 atom stereocenters. The highest BCUT2D eigenvalue weighted by atomic mass is 32.2. The molecule has 8 nitrogen and oxygen atoms in total. The summed E-state index contributed by atoms with van der Waals surface area (Å²) in [5.41, 5.74) is 0. The van der Waals surface area contributed by atoms with E-state index in [2.05, 4.69) is 0 Å². The normalized spacial score (nSPS) is 16.7. The van der Waals surface area contributed by atoms with Crippen LogP contribution < -0.4 is 0 Å². The highest BCUT2D eigenvalue weighted by molar-refractivity contribution is 7.89. The van der Waals surface area contributed by atoms with Crippen molar-refractivity contribution in [2.45, 2.75) is 18.7 Å². The number of likely N-dealkylation sites (N-methyl/N-ethyl adjacent to an activating group) is 1. The van der Waals surface area contributed by atoms with Gasteiger partial charge in [0.25, 0.3) is 0 Å². The molecular formula is C19H28FN3O5S. The molecular weight excluding hydrogens is 401 g/mol. The first kappa shape index (κ1) is 23.2. The molecule has 1 saturated heterocycles. The number of ether oxygens (including phenoxy) is 1. The van der Waals surface area contributed by atoms with Crippen molar-refractivity contribution in [3.63, 3.8) is 0 Å². The Bertz CT molecular complexity index is 825. The second-order valence-electron chi connectivity index (χ2n) is 6.99. The zero-order valence-electron chi connectivity index (χ0n) is 17.0. The van der Waals surface area contributed by atoms with Crippen LogP contribution in [-0.2, 0) is 24.3 Å². The van der Waals surface area contributed by atoms with Crippen LogP contribution in [0, 0.1) is 11.7 Å². The zero-order chi connectivity index (χ0) is 21.6. The molecule has 0 aliphatic carbocycles. The van der Waals surface area contributed by atoms with Crippen LogP contribution in [0.2, 0.25) is 0 Å². The van der Waals surface area contributed by atoms with Crippen LogP contribution in [0.25, 0.3) is 0 Å². The maximum absolute atomic E-state index is 13.4. The van der Waals surface area contributed by atoms with Gasteiger partial charge in [0, 0.05) is 32.7 Å². The third-order valence-electron chi connectivity index (χ3n) is 4.97. The van der Waals surface area contributed by atoms with Crippen molar-refractivity contribution in [1.82, 2.24) is 14.1 Å². The first-order valence-corrected chi connectivity index (χ1v) is 11.0. The molecule has 1 aromatic rings. The number of halogens is 1. The van der Waals surface area contributed by atoms with Gasteiger partial charge in [-0.3, -0.25) is 14.5 Å². The summed E-state index contributed by atoms with van der Waals surface area (Å²) in [6.45, 7) is 5.62. The fourth-order valence-electron chi connectivity index (χ4n) is 3.21. The molecule has 1 aliphatic heterocycles. The van der Waals surface area contributed by atoms with Crippen molar-refractivity contribution in [1.29, 1.82) is 0 Å². The monoisotopic (exact) mass is 429 g/mol. The zero-order valence-corrected chi connectivity index (χ0v) is 17.8. The highest BCUT2D eigenvalue weighted by Crippen LogP contribution is 2.18. The molecule has 1 aliphatic rings. The van der Waals surface area contributed by atoms with Crippen LogP contribution in [0.15, 0.2) is 29.2 Å². The molecule has 10 heteroatoms. The number of sulfonamides is 1. The average Bonchev–Trinajstić information content (AvgIpc) is 2.72. The molecule has 0 N–H and O–H groups in total. The molecule has 1 aromatic carbocycles. The summed E-state index contributed by atoms with van der Waals surface area (Å²) in [5.74, 6) is -1.40. The second kappa shape index (κ2) is 10.1. The van der Waals surface area contributed by atoms with Gasteiger partial charge in [-0.1, -0.05) is 19.9 Å². The van der Waals surface area contributed by atoms with Gasteiger partial charge < -0.3 is 9.64 Å². The summed E-state index contributed by atoms with van der Waals surface area (Å²) in [5, 5.41) is 0. The Morgan fingerprint density at radius 3 is 2.45 bits per heavy atom. The van der Waals surface area contributed by atoms with E-state index in [9.17, 15) is 22.4 Å². The van der Waals surface area contributed by atoms with E-state index in [0.29, 0.717) is 13.1 Å². The Morgan fingerprint density at radius 2 is 1.90 bits per heavy atom. The van der Waals surface area contributed by atoms with Gasteiger partial charge >= 0.3 is 5.97 Å². The van der Waals surface area contributed by atoms with Gasteiger partial charge in [-0.2, -0.15) is 4.31 Å². The van der Waals surface area contributed by atoms with Crippen molar-refractivity contribution in [3.05, 3.63) is 30.1 Å². The van der Waals surface area contributed by atoms with Gasteiger partial charge in [0.1, 0.15) is 5.82 Å². The summed E-state index contributed by atoms with van der Waals surface area (Å²) in [4.78, 5) is 27.6. The lowest BCUT2D eigenvalue weighted by molar-refractivity contribution is -0.146. The van der Waals surface area contributed by atoms with Gasteiger partial charge in [0.15, 0.2) is 0 Å². The summed E-state index contributed by atoms with van der Waals surface area (Å²) >= 11 is 0. The molecule has 0 saturated carbocycles. The highest BCUT2D eigenvalue weighted by Gasteiger charge is 2.31. The van der Waals surface area contributed by atoms with Crippen molar-refractivity contribution in [2.24, 2.45) is 5.92 Å². The van der Waals surface area contributed by atoms with Crippen molar-refractivity contribution < 1.29 is 27.1 Å². The van der Waals surface area contributed by atoms with E-state index in [-0.39, 0.29) is 55.4 Å². The summed E-state index contributed by atoms with van der Waals surface area (Å²) < 4.78 is 44.7. The van der Waals surface area contributed by atoms with E-state index in [1.165, 1.54) is 29.6 Å². The second-order valence-corrected chi connectivity index (χ2v) is 8.93. The average molecular weight is 430 g/mol. The van der Waals surface area contributed by atoms with E-state index in [1.807, 2.05) is 11.8 Å². The standard InChI is InChI=1S/C19H28FN3O5S/c1-4-21(13-15(2)19(25)28-3)14-18(24)22-8-10-23(11-9-22)29(26,27)17-7-5-6-16(20)12-17/h5-7,12,15H,4,8-11,13-14H2,1-3H3. The first-order chi connectivity index (χ1) is 13.7. The van der Waals surface area contributed by atoms with Crippen molar-refractivity contribution in [3.8, 4) is 0 Å². The number of hydrogen-bond donors (Lipinski definition) is 0. The number of benzene rings is 1. The Balaban J connectivity index is 1.92. The van der Waals surface area contributed by atoms with Crippen LogP contribution in [0.3, 0.4) is 0 Å². The number of rotatable bonds is 8. The Labute approximate surface area is 171 Å². The number of nitrogens with zero attached hydrogens (tertiary/aromatic N) is 3. The quantitative estimate of drug-likeness (QED) is 0.568. The molecule has 0 bridgehead atoms. The van der Waals surface area contributed by atoms with Crippen LogP contribution in [0.5, 0.6) is 0 Å². The van der Waals surface area contributed by atoms with E-state index < -0.39 is 15.8 Å². The van der Waals surface area contributed by atoms with Gasteiger partial charge in [0.2, 0.25) is 15.9 Å². The molecule has 1 fully saturated rings. The lowest BCUT2D eigenvalue weighted by Crippen LogP contribution is -2.52. The number of piperazine rings is 1. The minimum atomic E-state index is -3.80. The summed E-state index contributed by atoms with van der Waals surface area (Å²) in [6.07, 6.45) is 0. The fourth-order valence-corrected chi connectivity index (χ4v) is 4.67. The molecule has 1 heterocycles. The lowest BCUT2D eigenvalue weighted by Gasteiger charge is -2.35. The fraction of sp³-hybridized carbons (Fsp3) is 0.579. The first-order valence-electron chi connectivity index (χ1n) is 9.52. The van der Waals surface area contributed by atoms with Gasteiger partial charge in [-0.15, -0.1) is 0 Å². The van der Waals surface area contributed by atoms with Crippen LogP contribution in [0.1, 0.15) is 13.8 Å². The number of methoxy groups -OCH3 is 1. The SMILES string of the molecule is CCN(CC(=O)N1CCN(S(=O)(=O)c2cccc(F)c2)CC1)CC(C)C(=O)OC. The number of carbonyl (C=O) groups excluding carboxylic acids is 2. The van der Waals surface area contributed by atoms with Crippen LogP contribution in [0.4, 0.5) is 4.39 Å². The predicted octanol–water partition coefficient (Wildman–Crippen LogP) is 0.790. The number of amides is 1. The third kappa shape index (κ3) is 5.97. The summed E-state index contributed by atoms with van der Waals surface area (Å²) in [6, 6.07) is 4.90. The van der Waals surface area contributed by atoms with Crippen molar-refractivity contribution in [2.75, 3.05) is 52.9 Å². The minimum Gasteiger partial charge on any atom is -0.469 e. The molecule has 162 valence electrons. The van der Waals surface area contributed by atoms with E-state index >= 15 is 0 Å². The van der Waals surface area contributed by atoms with E-state index in [1.54, 1.807) is 11.8 Å². The smallest absolute Gasteiger partial charge is 0.309 e. The van der Waals surface area contributed by atoms with Crippen LogP contribution in [-0.4, -0.2) is 87.3 Å². The maximum Gasteiger partial charge on any atom is 0.309 e. The van der Waals surface area contributed by atoms with Gasteiger partial charge in [-0.25, -0.2) is 12.8 Å². The Kier molecular flexibility index (Phi) is 8.12. The number of hydrogen-bond acceptors (Lipinski definition) is 6. The predicted molar refractivity (Wildman–Crippen MR) is 105 cm³/mol. The van der Waals surface area contributed by atoms with Gasteiger partial charge in [-0.05, 0) is 24.7 Å². The third-order valence-corrected chi connectivity index (χ3v) is 6.86. The number of esters is 1. The van der Waals surface area contributed by atoms with Crippen molar-refractivity contribution >= 4 is 21.9 Å². The topological polar surface area (TPSA) is 87.2 Å². The Hall–Kier alpha value is -2.04. The van der Waals surface area contributed by atoms with E-state index in [4.69, 9.17) is 4.74 Å². The maximum atomic E-state index is 13.4. The van der Waals surface area contributed by atoms with Gasteiger partial charge in [0.05, 0.1) is 24.5 Å². The molecule has 1 unspecified atom stereocenters.